The molecule has 106 valence electrons. The summed E-state index contributed by atoms with van der Waals surface area (Å²) >= 11 is 1.09. The predicted molar refractivity (Wildman–Crippen MR) is 61.5 cm³/mol. The second kappa shape index (κ2) is 5.17. The Hall–Kier alpha value is -1.61. The molecule has 1 aromatic rings. The molecule has 1 amide bonds. The lowest BCUT2D eigenvalue weighted by Crippen LogP contribution is -2.63. The SMILES string of the molecule is CC(NC(=O)C(N)c1cccs1)(C(=O)O)C(F)(F)F. The topological polar surface area (TPSA) is 92.4 Å². The van der Waals surface area contributed by atoms with Crippen LogP contribution in [0.25, 0.3) is 0 Å². The van der Waals surface area contributed by atoms with E-state index in [0.717, 1.165) is 11.3 Å². The Bertz CT molecular complexity index is 475. The van der Waals surface area contributed by atoms with Gasteiger partial charge >= 0.3 is 12.1 Å². The maximum atomic E-state index is 12.7. The number of hydrogen-bond donors (Lipinski definition) is 3. The second-order valence-corrected chi connectivity index (χ2v) is 4.89. The van der Waals surface area contributed by atoms with Crippen molar-refractivity contribution in [3.8, 4) is 0 Å². The smallest absolute Gasteiger partial charge is 0.422 e. The van der Waals surface area contributed by atoms with Crippen LogP contribution < -0.4 is 11.1 Å². The van der Waals surface area contributed by atoms with Crippen molar-refractivity contribution < 1.29 is 27.9 Å². The van der Waals surface area contributed by atoms with E-state index in [-0.39, 0.29) is 0 Å². The van der Waals surface area contributed by atoms with Crippen molar-refractivity contribution in [2.75, 3.05) is 0 Å². The summed E-state index contributed by atoms with van der Waals surface area (Å²) in [4.78, 5) is 22.7. The Balaban J connectivity index is 2.93. The van der Waals surface area contributed by atoms with Crippen LogP contribution >= 0.6 is 11.3 Å². The fourth-order valence-corrected chi connectivity index (χ4v) is 1.89. The third kappa shape index (κ3) is 3.04. The first-order valence-corrected chi connectivity index (χ1v) is 5.88. The van der Waals surface area contributed by atoms with E-state index in [4.69, 9.17) is 10.8 Å². The fraction of sp³-hybridized carbons (Fsp3) is 0.400. The number of carbonyl (C=O) groups excluding carboxylic acids is 1. The van der Waals surface area contributed by atoms with Crippen LogP contribution in [0.1, 0.15) is 17.8 Å². The monoisotopic (exact) mass is 296 g/mol. The van der Waals surface area contributed by atoms with Gasteiger partial charge in [0, 0.05) is 4.88 Å². The Morgan fingerprint density at radius 3 is 2.42 bits per heavy atom. The molecule has 5 nitrogen and oxygen atoms in total. The van der Waals surface area contributed by atoms with Crippen LogP contribution in [-0.2, 0) is 9.59 Å². The molecule has 0 fully saturated rings. The van der Waals surface area contributed by atoms with E-state index in [2.05, 4.69) is 0 Å². The van der Waals surface area contributed by atoms with Gasteiger partial charge < -0.3 is 16.2 Å². The summed E-state index contributed by atoms with van der Waals surface area (Å²) < 4.78 is 38.1. The zero-order valence-electron chi connectivity index (χ0n) is 9.69. The zero-order valence-corrected chi connectivity index (χ0v) is 10.5. The van der Waals surface area contributed by atoms with E-state index >= 15 is 0 Å². The molecule has 0 bridgehead atoms. The van der Waals surface area contributed by atoms with Crippen LogP contribution in [0, 0.1) is 0 Å². The van der Waals surface area contributed by atoms with E-state index in [0.29, 0.717) is 11.8 Å². The number of alkyl halides is 3. The van der Waals surface area contributed by atoms with Gasteiger partial charge in [-0.25, -0.2) is 4.79 Å². The summed E-state index contributed by atoms with van der Waals surface area (Å²) in [7, 11) is 0. The Morgan fingerprint density at radius 1 is 1.47 bits per heavy atom. The Labute approximate surface area is 110 Å². The van der Waals surface area contributed by atoms with Gasteiger partial charge in [0.15, 0.2) is 0 Å². The molecule has 0 saturated carbocycles. The number of halogens is 3. The largest absolute Gasteiger partial charge is 0.479 e. The molecule has 19 heavy (non-hydrogen) atoms. The molecule has 0 aliphatic heterocycles. The molecule has 0 saturated heterocycles. The quantitative estimate of drug-likeness (QED) is 0.780. The molecular weight excluding hydrogens is 285 g/mol. The standard InChI is InChI=1S/C10H11F3N2O3S/c1-9(8(17)18,10(11,12)13)15-7(16)6(14)5-3-2-4-19-5/h2-4,6H,14H2,1H3,(H,15,16)(H,17,18). The maximum absolute atomic E-state index is 12.7. The van der Waals surface area contributed by atoms with E-state index in [1.54, 1.807) is 11.4 Å². The third-order valence-electron chi connectivity index (χ3n) is 2.50. The molecule has 1 rings (SSSR count). The number of hydrogen-bond acceptors (Lipinski definition) is 4. The van der Waals surface area contributed by atoms with Crippen molar-refractivity contribution >= 4 is 23.2 Å². The molecule has 0 aromatic carbocycles. The minimum atomic E-state index is -5.14. The molecule has 0 radical (unpaired) electrons. The second-order valence-electron chi connectivity index (χ2n) is 3.91. The van der Waals surface area contributed by atoms with E-state index in [9.17, 15) is 22.8 Å². The number of carbonyl (C=O) groups is 2. The van der Waals surface area contributed by atoms with Crippen molar-refractivity contribution in [3.63, 3.8) is 0 Å². The van der Waals surface area contributed by atoms with Gasteiger partial charge in [-0.15, -0.1) is 11.3 Å². The maximum Gasteiger partial charge on any atom is 0.422 e. The first kappa shape index (κ1) is 15.4. The fourth-order valence-electron chi connectivity index (χ4n) is 1.17. The highest BCUT2D eigenvalue weighted by Gasteiger charge is 2.58. The number of thiophene rings is 1. The average molecular weight is 296 g/mol. The molecule has 4 N–H and O–H groups in total. The van der Waals surface area contributed by atoms with Crippen LogP contribution in [0.4, 0.5) is 13.2 Å². The molecule has 0 aliphatic carbocycles. The van der Waals surface area contributed by atoms with Crippen LogP contribution in [0.3, 0.4) is 0 Å². The molecule has 9 heteroatoms. The van der Waals surface area contributed by atoms with Crippen molar-refractivity contribution in [2.45, 2.75) is 24.7 Å². The van der Waals surface area contributed by atoms with Crippen LogP contribution in [0.5, 0.6) is 0 Å². The number of carboxylic acids is 1. The lowest BCUT2D eigenvalue weighted by Gasteiger charge is -2.29. The molecule has 0 aliphatic rings. The summed E-state index contributed by atoms with van der Waals surface area (Å²) in [6.07, 6.45) is -5.14. The summed E-state index contributed by atoms with van der Waals surface area (Å²) in [5.74, 6) is -3.41. The number of nitrogens with one attached hydrogen (secondary N) is 1. The molecule has 1 aromatic heterocycles. The van der Waals surface area contributed by atoms with E-state index in [1.807, 2.05) is 0 Å². The Morgan fingerprint density at radius 2 is 2.05 bits per heavy atom. The van der Waals surface area contributed by atoms with Crippen LogP contribution in [0.2, 0.25) is 0 Å². The molecule has 2 atom stereocenters. The highest BCUT2D eigenvalue weighted by Crippen LogP contribution is 2.31. The normalized spacial score (nSPS) is 16.5. The Kier molecular flexibility index (Phi) is 4.21. The lowest BCUT2D eigenvalue weighted by atomic mass is 10.0. The van der Waals surface area contributed by atoms with Gasteiger partial charge in [-0.05, 0) is 18.4 Å². The summed E-state index contributed by atoms with van der Waals surface area (Å²) in [5.41, 5.74) is 2.10. The van der Waals surface area contributed by atoms with Gasteiger partial charge in [0.1, 0.15) is 6.04 Å². The molecular formula is C10H11F3N2O3S. The van der Waals surface area contributed by atoms with Gasteiger partial charge in [-0.1, -0.05) is 6.07 Å². The average Bonchev–Trinajstić information content (AvgIpc) is 2.79. The lowest BCUT2D eigenvalue weighted by molar-refractivity contribution is -0.207. The minimum absolute atomic E-state index is 0.340. The summed E-state index contributed by atoms with van der Waals surface area (Å²) in [6, 6.07) is 1.70. The molecule has 1 heterocycles. The highest BCUT2D eigenvalue weighted by atomic mass is 32.1. The zero-order chi connectivity index (χ0) is 14.8. The summed E-state index contributed by atoms with van der Waals surface area (Å²) in [5, 5.41) is 11.7. The van der Waals surface area contributed by atoms with E-state index < -0.39 is 29.6 Å². The first-order valence-electron chi connectivity index (χ1n) is 5.00. The number of carboxylic acid groups (broad SMARTS) is 1. The summed E-state index contributed by atoms with van der Waals surface area (Å²) in [6.45, 7) is 0.369. The van der Waals surface area contributed by atoms with Gasteiger partial charge in [-0.2, -0.15) is 13.2 Å². The molecule has 2 unspecified atom stereocenters. The number of aliphatic carboxylic acids is 1. The van der Waals surface area contributed by atoms with Gasteiger partial charge in [0.05, 0.1) is 0 Å². The molecule has 0 spiro atoms. The van der Waals surface area contributed by atoms with Crippen molar-refractivity contribution in [1.29, 1.82) is 0 Å². The predicted octanol–water partition coefficient (Wildman–Crippen LogP) is 1.27. The third-order valence-corrected chi connectivity index (χ3v) is 3.46. The van der Waals surface area contributed by atoms with Crippen molar-refractivity contribution in [2.24, 2.45) is 5.73 Å². The van der Waals surface area contributed by atoms with Crippen molar-refractivity contribution in [3.05, 3.63) is 22.4 Å². The van der Waals surface area contributed by atoms with Gasteiger partial charge in [0.2, 0.25) is 11.4 Å². The number of nitrogens with two attached hydrogens (primary N) is 1. The number of rotatable bonds is 4. The highest BCUT2D eigenvalue weighted by molar-refractivity contribution is 7.10. The minimum Gasteiger partial charge on any atom is -0.479 e. The van der Waals surface area contributed by atoms with Gasteiger partial charge in [-0.3, -0.25) is 4.79 Å². The number of amides is 1. The van der Waals surface area contributed by atoms with Crippen molar-refractivity contribution in [1.82, 2.24) is 5.32 Å². The first-order chi connectivity index (χ1) is 8.59. The van der Waals surface area contributed by atoms with Gasteiger partial charge in [0.25, 0.3) is 0 Å². The van der Waals surface area contributed by atoms with Crippen LogP contribution in [0.15, 0.2) is 17.5 Å². The van der Waals surface area contributed by atoms with E-state index in [1.165, 1.54) is 11.4 Å². The van der Waals surface area contributed by atoms with Crippen LogP contribution in [-0.4, -0.2) is 28.7 Å².